The quantitative estimate of drug-likeness (QED) is 0.834. The van der Waals surface area contributed by atoms with Gasteiger partial charge in [0, 0.05) is 12.6 Å². The summed E-state index contributed by atoms with van der Waals surface area (Å²) in [5.74, 6) is -1.92. The maximum atomic E-state index is 13.1. The predicted molar refractivity (Wildman–Crippen MR) is 76.3 cm³/mol. The highest BCUT2D eigenvalue weighted by molar-refractivity contribution is 5.92. The van der Waals surface area contributed by atoms with Crippen LogP contribution in [0.5, 0.6) is 0 Å². The molecule has 0 aliphatic carbocycles. The molecule has 0 spiro atoms. The van der Waals surface area contributed by atoms with Gasteiger partial charge < -0.3 is 11.1 Å². The van der Waals surface area contributed by atoms with Gasteiger partial charge in [-0.3, -0.25) is 4.79 Å². The zero-order valence-corrected chi connectivity index (χ0v) is 12.2. The molecule has 0 radical (unpaired) electrons. The van der Waals surface area contributed by atoms with E-state index in [9.17, 15) is 22.4 Å². The van der Waals surface area contributed by atoms with E-state index in [0.717, 1.165) is 12.4 Å². The molecule has 0 saturated carbocycles. The van der Waals surface area contributed by atoms with Crippen molar-refractivity contribution in [2.75, 3.05) is 5.73 Å². The lowest BCUT2D eigenvalue weighted by molar-refractivity contribution is -0.140. The molecule has 0 aliphatic rings. The Morgan fingerprint density at radius 2 is 1.91 bits per heavy atom. The molecule has 0 aliphatic heterocycles. The first-order valence-corrected chi connectivity index (χ1v) is 5.98. The molecule has 10 heteroatoms. The fourth-order valence-corrected chi connectivity index (χ4v) is 1.67. The van der Waals surface area contributed by atoms with E-state index in [4.69, 9.17) is 5.73 Å². The van der Waals surface area contributed by atoms with Crippen molar-refractivity contribution in [1.82, 2.24) is 15.3 Å². The third-order valence-corrected chi connectivity index (χ3v) is 2.71. The number of carbonyl (C=O) groups excluding carboxylic acids is 1. The maximum Gasteiger partial charge on any atom is 0.419 e. The number of nitrogen functional groups attached to an aromatic ring is 1. The van der Waals surface area contributed by atoms with Gasteiger partial charge in [0.2, 0.25) is 0 Å². The van der Waals surface area contributed by atoms with Crippen LogP contribution in [0, 0.1) is 5.82 Å². The van der Waals surface area contributed by atoms with Gasteiger partial charge in [-0.2, -0.15) is 13.2 Å². The number of aromatic nitrogens is 2. The number of nitrogens with zero attached hydrogens (tertiary/aromatic N) is 2. The molecular formula is C13H11ClF4N4O. The summed E-state index contributed by atoms with van der Waals surface area (Å²) in [6.07, 6.45) is -3.71. The van der Waals surface area contributed by atoms with Gasteiger partial charge in [-0.1, -0.05) is 6.07 Å². The molecule has 3 N–H and O–H groups in total. The van der Waals surface area contributed by atoms with Gasteiger partial charge in [0.1, 0.15) is 23.7 Å². The molecule has 2 rings (SSSR count). The number of amides is 1. The van der Waals surface area contributed by atoms with Crippen LogP contribution < -0.4 is 11.1 Å². The highest BCUT2D eigenvalue weighted by Gasteiger charge is 2.34. The number of alkyl halides is 3. The molecule has 0 fully saturated rings. The second-order valence-corrected chi connectivity index (χ2v) is 4.32. The number of halogens is 5. The van der Waals surface area contributed by atoms with E-state index in [1.54, 1.807) is 0 Å². The minimum atomic E-state index is -4.80. The minimum Gasteiger partial charge on any atom is -0.384 e. The van der Waals surface area contributed by atoms with E-state index in [1.807, 2.05) is 0 Å². The van der Waals surface area contributed by atoms with E-state index in [2.05, 4.69) is 15.3 Å². The summed E-state index contributed by atoms with van der Waals surface area (Å²) in [7, 11) is 0. The van der Waals surface area contributed by atoms with Crippen LogP contribution in [-0.2, 0) is 12.7 Å². The van der Waals surface area contributed by atoms with Crippen LogP contribution in [0.15, 0.2) is 30.6 Å². The van der Waals surface area contributed by atoms with Crippen molar-refractivity contribution < 1.29 is 22.4 Å². The average molecular weight is 351 g/mol. The molecule has 1 heterocycles. The van der Waals surface area contributed by atoms with Crippen molar-refractivity contribution in [3.8, 4) is 0 Å². The Bertz CT molecular complexity index is 709. The molecule has 0 unspecified atom stereocenters. The summed E-state index contributed by atoms with van der Waals surface area (Å²) in [4.78, 5) is 19.1. The Morgan fingerprint density at radius 3 is 2.52 bits per heavy atom. The van der Waals surface area contributed by atoms with Crippen LogP contribution in [0.4, 0.5) is 23.4 Å². The minimum absolute atomic E-state index is 0. The van der Waals surface area contributed by atoms with Crippen molar-refractivity contribution in [3.05, 3.63) is 53.2 Å². The summed E-state index contributed by atoms with van der Waals surface area (Å²) in [6.45, 7) is -0.216. The van der Waals surface area contributed by atoms with Crippen LogP contribution in [0.2, 0.25) is 0 Å². The number of benzene rings is 1. The highest BCUT2D eigenvalue weighted by Crippen LogP contribution is 2.31. The van der Waals surface area contributed by atoms with Gasteiger partial charge in [0.05, 0.1) is 5.56 Å². The number of hydrogen-bond acceptors (Lipinski definition) is 4. The Balaban J connectivity index is 0.00000264. The largest absolute Gasteiger partial charge is 0.419 e. The van der Waals surface area contributed by atoms with Crippen LogP contribution in [0.25, 0.3) is 0 Å². The van der Waals surface area contributed by atoms with Gasteiger partial charge in [0.15, 0.2) is 0 Å². The van der Waals surface area contributed by atoms with Gasteiger partial charge in [-0.05, 0) is 17.7 Å². The zero-order valence-electron chi connectivity index (χ0n) is 11.4. The molecule has 5 nitrogen and oxygen atoms in total. The van der Waals surface area contributed by atoms with Crippen molar-refractivity contribution in [3.63, 3.8) is 0 Å². The Morgan fingerprint density at radius 1 is 1.22 bits per heavy atom. The topological polar surface area (TPSA) is 80.9 Å². The van der Waals surface area contributed by atoms with E-state index < -0.39 is 23.5 Å². The first kappa shape index (κ1) is 18.6. The molecule has 2 aromatic rings. The van der Waals surface area contributed by atoms with E-state index in [-0.39, 0.29) is 36.0 Å². The fraction of sp³-hybridized carbons (Fsp3) is 0.154. The van der Waals surface area contributed by atoms with Crippen LogP contribution in [0.1, 0.15) is 21.6 Å². The van der Waals surface area contributed by atoms with Crippen LogP contribution in [0.3, 0.4) is 0 Å². The summed E-state index contributed by atoms with van der Waals surface area (Å²) < 4.78 is 50.9. The average Bonchev–Trinajstić information content (AvgIpc) is 2.45. The maximum absolute atomic E-state index is 13.1. The second-order valence-electron chi connectivity index (χ2n) is 4.32. The molecule has 0 atom stereocenters. The molecule has 124 valence electrons. The molecule has 0 saturated heterocycles. The molecule has 1 amide bonds. The van der Waals surface area contributed by atoms with Crippen molar-refractivity contribution in [1.29, 1.82) is 0 Å². The smallest absolute Gasteiger partial charge is 0.384 e. The number of carbonyl (C=O) groups is 1. The lowest BCUT2D eigenvalue weighted by Gasteiger charge is -2.10. The number of hydrogen-bond donors (Lipinski definition) is 2. The van der Waals surface area contributed by atoms with E-state index in [0.29, 0.717) is 12.1 Å². The number of nitrogens with two attached hydrogens (primary N) is 1. The Labute approximate surface area is 134 Å². The van der Waals surface area contributed by atoms with E-state index in [1.165, 1.54) is 6.07 Å². The van der Waals surface area contributed by atoms with Crippen molar-refractivity contribution in [2.24, 2.45) is 0 Å². The molecule has 0 bridgehead atoms. The first-order chi connectivity index (χ1) is 10.3. The number of nitrogens with one attached hydrogen (secondary N) is 1. The Kier molecular flexibility index (Phi) is 5.85. The third-order valence-electron chi connectivity index (χ3n) is 2.71. The van der Waals surface area contributed by atoms with Crippen LogP contribution in [-0.4, -0.2) is 15.9 Å². The summed E-state index contributed by atoms with van der Waals surface area (Å²) >= 11 is 0. The highest BCUT2D eigenvalue weighted by atomic mass is 35.5. The summed E-state index contributed by atoms with van der Waals surface area (Å²) in [6, 6.07) is 3.72. The monoisotopic (exact) mass is 350 g/mol. The first-order valence-electron chi connectivity index (χ1n) is 5.98. The van der Waals surface area contributed by atoms with Gasteiger partial charge in [-0.15, -0.1) is 12.4 Å². The van der Waals surface area contributed by atoms with Crippen molar-refractivity contribution in [2.45, 2.75) is 12.7 Å². The molecule has 1 aromatic carbocycles. The SMILES string of the molecule is Cl.Nc1cc(C(=O)NCc2ccc(F)c(C(F)(F)F)c2)ncn1. The normalized spacial score (nSPS) is 10.8. The standard InChI is InChI=1S/C13H10F4N4O.ClH/c14-9-2-1-7(3-8(9)13(15,16)17)5-19-12(22)10-4-11(18)21-6-20-10;/h1-4,6H,5H2,(H,19,22)(H2,18,20,21);1H. The molecular weight excluding hydrogens is 340 g/mol. The molecule has 23 heavy (non-hydrogen) atoms. The summed E-state index contributed by atoms with van der Waals surface area (Å²) in [5.41, 5.74) is 4.08. The number of rotatable bonds is 3. The number of anilines is 1. The lowest BCUT2D eigenvalue weighted by atomic mass is 10.1. The fourth-order valence-electron chi connectivity index (χ4n) is 1.67. The van der Waals surface area contributed by atoms with Crippen molar-refractivity contribution >= 4 is 24.1 Å². The van der Waals surface area contributed by atoms with Gasteiger partial charge >= 0.3 is 6.18 Å². The van der Waals surface area contributed by atoms with E-state index >= 15 is 0 Å². The Hall–Kier alpha value is -2.42. The second kappa shape index (κ2) is 7.23. The summed E-state index contributed by atoms with van der Waals surface area (Å²) in [5, 5.41) is 2.37. The third kappa shape index (κ3) is 4.78. The zero-order chi connectivity index (χ0) is 16.3. The predicted octanol–water partition coefficient (Wildman–Crippen LogP) is 2.57. The van der Waals surface area contributed by atoms with Crippen LogP contribution >= 0.6 is 12.4 Å². The van der Waals surface area contributed by atoms with Gasteiger partial charge in [-0.25, -0.2) is 14.4 Å². The lowest BCUT2D eigenvalue weighted by Crippen LogP contribution is -2.24. The molecule has 1 aromatic heterocycles. The van der Waals surface area contributed by atoms with Gasteiger partial charge in [0.25, 0.3) is 5.91 Å².